The Kier molecular flexibility index (Phi) is 5.58. The van der Waals surface area contributed by atoms with E-state index in [4.69, 9.17) is 17.3 Å². The van der Waals surface area contributed by atoms with Gasteiger partial charge in [-0.25, -0.2) is 4.68 Å². The zero-order chi connectivity index (χ0) is 13.7. The zero-order valence-corrected chi connectivity index (χ0v) is 11.8. The Hall–Kier alpha value is -1.11. The lowest BCUT2D eigenvalue weighted by molar-refractivity contribution is 0.367. The van der Waals surface area contributed by atoms with Gasteiger partial charge in [-0.1, -0.05) is 11.6 Å². The molecule has 2 N–H and O–H groups in total. The highest BCUT2D eigenvalue weighted by Crippen LogP contribution is 2.18. The lowest BCUT2D eigenvalue weighted by Gasteiger charge is -2.19. The average molecular weight is 274 g/mol. The van der Waals surface area contributed by atoms with E-state index in [2.05, 4.69) is 5.10 Å². The first-order valence-electron chi connectivity index (χ1n) is 5.79. The molecule has 102 valence electrons. The van der Waals surface area contributed by atoms with E-state index in [9.17, 15) is 4.79 Å². The molecule has 6 nitrogen and oxygen atoms in total. The maximum absolute atomic E-state index is 12.0. The molecule has 1 aromatic rings. The van der Waals surface area contributed by atoms with Crippen LogP contribution in [0.3, 0.4) is 0 Å². The van der Waals surface area contributed by atoms with E-state index in [-0.39, 0.29) is 10.6 Å². The molecular weight excluding hydrogens is 254 g/mol. The lowest BCUT2D eigenvalue weighted by Crippen LogP contribution is -2.32. The van der Waals surface area contributed by atoms with Crippen molar-refractivity contribution in [3.63, 3.8) is 0 Å². The highest BCUT2D eigenvalue weighted by molar-refractivity contribution is 6.33. The van der Waals surface area contributed by atoms with Gasteiger partial charge >= 0.3 is 0 Å². The van der Waals surface area contributed by atoms with Crippen LogP contribution in [0.15, 0.2) is 11.0 Å². The van der Waals surface area contributed by atoms with Crippen LogP contribution in [-0.4, -0.2) is 55.5 Å². The average Bonchev–Trinajstić information content (AvgIpc) is 2.31. The largest absolute Gasteiger partial charge is 0.371 e. The molecule has 1 aromatic heterocycles. The van der Waals surface area contributed by atoms with Crippen molar-refractivity contribution in [1.29, 1.82) is 0 Å². The summed E-state index contributed by atoms with van der Waals surface area (Å²) in [5.41, 5.74) is 5.83. The van der Waals surface area contributed by atoms with Gasteiger partial charge in [-0.05, 0) is 14.1 Å². The van der Waals surface area contributed by atoms with Gasteiger partial charge in [-0.3, -0.25) is 4.79 Å². The summed E-state index contributed by atoms with van der Waals surface area (Å²) in [6, 6.07) is 0. The van der Waals surface area contributed by atoms with E-state index in [1.165, 1.54) is 4.68 Å². The van der Waals surface area contributed by atoms with Gasteiger partial charge in [0.05, 0.1) is 18.4 Å². The fourth-order valence-corrected chi connectivity index (χ4v) is 1.78. The molecule has 0 saturated heterocycles. The lowest BCUT2D eigenvalue weighted by atomic mass is 10.4. The first-order valence-corrected chi connectivity index (χ1v) is 6.16. The number of rotatable bonds is 6. The highest BCUT2D eigenvalue weighted by atomic mass is 35.5. The van der Waals surface area contributed by atoms with Crippen LogP contribution in [0.4, 0.5) is 5.69 Å². The van der Waals surface area contributed by atoms with Crippen LogP contribution in [-0.2, 0) is 6.54 Å². The van der Waals surface area contributed by atoms with Crippen molar-refractivity contribution in [3.8, 4) is 0 Å². The third kappa shape index (κ3) is 3.69. The fourth-order valence-electron chi connectivity index (χ4n) is 1.49. The van der Waals surface area contributed by atoms with Crippen LogP contribution in [0.5, 0.6) is 0 Å². The Morgan fingerprint density at radius 3 is 2.61 bits per heavy atom. The van der Waals surface area contributed by atoms with Gasteiger partial charge in [0.15, 0.2) is 0 Å². The Morgan fingerprint density at radius 2 is 2.06 bits per heavy atom. The Morgan fingerprint density at radius 1 is 1.39 bits per heavy atom. The molecule has 7 heteroatoms. The molecule has 0 bridgehead atoms. The maximum atomic E-state index is 12.0. The van der Waals surface area contributed by atoms with Crippen molar-refractivity contribution in [2.24, 2.45) is 5.73 Å². The Labute approximate surface area is 112 Å². The predicted molar refractivity (Wildman–Crippen MR) is 74.4 cm³/mol. The Bertz CT molecular complexity index is 446. The Balaban J connectivity index is 2.94. The molecule has 0 atom stereocenters. The van der Waals surface area contributed by atoms with Crippen LogP contribution in [0.2, 0.25) is 5.02 Å². The van der Waals surface area contributed by atoms with E-state index < -0.39 is 0 Å². The van der Waals surface area contributed by atoms with Crippen molar-refractivity contribution in [1.82, 2.24) is 14.7 Å². The van der Waals surface area contributed by atoms with Crippen LogP contribution in [0, 0.1) is 0 Å². The number of hydrogen-bond donors (Lipinski definition) is 1. The van der Waals surface area contributed by atoms with E-state index in [1.54, 1.807) is 6.20 Å². The van der Waals surface area contributed by atoms with Gasteiger partial charge in [-0.15, -0.1) is 0 Å². The molecule has 0 aromatic carbocycles. The number of nitrogens with zero attached hydrogens (tertiary/aromatic N) is 4. The summed E-state index contributed by atoms with van der Waals surface area (Å²) in [4.78, 5) is 15.8. The second kappa shape index (κ2) is 6.72. The molecule has 0 amide bonds. The number of nitrogens with two attached hydrogens (primary N) is 1. The maximum Gasteiger partial charge on any atom is 0.287 e. The summed E-state index contributed by atoms with van der Waals surface area (Å²) in [5, 5.41) is 4.32. The topological polar surface area (TPSA) is 67.4 Å². The van der Waals surface area contributed by atoms with Gasteiger partial charge in [0.25, 0.3) is 5.56 Å². The van der Waals surface area contributed by atoms with Crippen LogP contribution >= 0.6 is 11.6 Å². The van der Waals surface area contributed by atoms with Crippen molar-refractivity contribution < 1.29 is 0 Å². The molecule has 0 aliphatic rings. The molecule has 0 saturated carbocycles. The molecule has 18 heavy (non-hydrogen) atoms. The quantitative estimate of drug-likeness (QED) is 0.781. The van der Waals surface area contributed by atoms with E-state index in [1.807, 2.05) is 30.9 Å². The van der Waals surface area contributed by atoms with Gasteiger partial charge in [0.1, 0.15) is 5.02 Å². The minimum atomic E-state index is -0.264. The van der Waals surface area contributed by atoms with E-state index >= 15 is 0 Å². The minimum absolute atomic E-state index is 0.194. The normalized spacial score (nSPS) is 11.0. The molecule has 0 aliphatic carbocycles. The highest BCUT2D eigenvalue weighted by Gasteiger charge is 2.12. The standard InChI is InChI=1S/C11H20ClN5O/c1-15(2)6-7-17-11(18)10(12)9(8-14-17)16(3)5-4-13/h8H,4-7,13H2,1-3H3. The summed E-state index contributed by atoms with van der Waals surface area (Å²) >= 11 is 6.07. The molecule has 0 radical (unpaired) electrons. The number of likely N-dealkylation sites (N-methyl/N-ethyl adjacent to an activating group) is 2. The third-order valence-electron chi connectivity index (χ3n) is 2.60. The van der Waals surface area contributed by atoms with E-state index in [0.29, 0.717) is 25.3 Å². The number of aromatic nitrogens is 2. The van der Waals surface area contributed by atoms with Crippen molar-refractivity contribution in [2.45, 2.75) is 6.54 Å². The second-order valence-electron chi connectivity index (χ2n) is 4.39. The minimum Gasteiger partial charge on any atom is -0.371 e. The molecule has 1 heterocycles. The number of halogens is 1. The molecule has 0 aliphatic heterocycles. The SMILES string of the molecule is CN(C)CCn1ncc(N(C)CCN)c(Cl)c1=O. The first kappa shape index (κ1) is 14.9. The summed E-state index contributed by atoms with van der Waals surface area (Å²) in [7, 11) is 5.71. The van der Waals surface area contributed by atoms with Crippen molar-refractivity contribution in [3.05, 3.63) is 21.6 Å². The number of hydrogen-bond acceptors (Lipinski definition) is 5. The van der Waals surface area contributed by atoms with Crippen LogP contribution in [0.25, 0.3) is 0 Å². The summed E-state index contributed by atoms with van der Waals surface area (Å²) in [6.45, 7) is 2.38. The van der Waals surface area contributed by atoms with Gasteiger partial charge in [0, 0.05) is 26.7 Å². The first-order chi connectivity index (χ1) is 8.47. The van der Waals surface area contributed by atoms with Crippen LogP contribution in [0.1, 0.15) is 0 Å². The third-order valence-corrected chi connectivity index (χ3v) is 2.96. The smallest absolute Gasteiger partial charge is 0.287 e. The molecule has 0 spiro atoms. The van der Waals surface area contributed by atoms with Gasteiger partial charge < -0.3 is 15.5 Å². The molecule has 1 rings (SSSR count). The predicted octanol–water partition coefficient (Wildman–Crippen LogP) is -0.147. The van der Waals surface area contributed by atoms with Gasteiger partial charge in [-0.2, -0.15) is 5.10 Å². The van der Waals surface area contributed by atoms with Crippen molar-refractivity contribution >= 4 is 17.3 Å². The summed E-state index contributed by atoms with van der Waals surface area (Å²) in [5.74, 6) is 0. The number of anilines is 1. The summed E-state index contributed by atoms with van der Waals surface area (Å²) < 4.78 is 1.38. The van der Waals surface area contributed by atoms with Crippen LogP contribution < -0.4 is 16.2 Å². The summed E-state index contributed by atoms with van der Waals surface area (Å²) in [6.07, 6.45) is 1.61. The molecule has 0 fully saturated rings. The monoisotopic (exact) mass is 273 g/mol. The van der Waals surface area contributed by atoms with Gasteiger partial charge in [0.2, 0.25) is 0 Å². The van der Waals surface area contributed by atoms with Crippen molar-refractivity contribution in [2.75, 3.05) is 45.7 Å². The zero-order valence-electron chi connectivity index (χ0n) is 11.1. The second-order valence-corrected chi connectivity index (χ2v) is 4.76. The molecular formula is C11H20ClN5O. The fraction of sp³-hybridized carbons (Fsp3) is 0.636. The van der Waals surface area contributed by atoms with E-state index in [0.717, 1.165) is 6.54 Å². The molecule has 0 unspecified atom stereocenters.